The van der Waals surface area contributed by atoms with Gasteiger partial charge in [0.1, 0.15) is 0 Å². The van der Waals surface area contributed by atoms with Crippen molar-refractivity contribution in [1.29, 1.82) is 0 Å². The van der Waals surface area contributed by atoms with Gasteiger partial charge in [0, 0.05) is 20.3 Å². The number of halogens is 1. The monoisotopic (exact) mass is 290 g/mol. The summed E-state index contributed by atoms with van der Waals surface area (Å²) in [7, 11) is 1.90. The van der Waals surface area contributed by atoms with Gasteiger partial charge in [0.15, 0.2) is 4.60 Å². The van der Waals surface area contributed by atoms with E-state index in [2.05, 4.69) is 38.5 Å². The first-order chi connectivity index (χ1) is 7.70. The van der Waals surface area contributed by atoms with E-state index in [1.807, 2.05) is 14.0 Å². The van der Waals surface area contributed by atoms with Gasteiger partial charge in [-0.15, -0.1) is 5.10 Å². The van der Waals surface area contributed by atoms with E-state index in [0.29, 0.717) is 0 Å². The van der Waals surface area contributed by atoms with E-state index in [1.54, 1.807) is 4.68 Å². The van der Waals surface area contributed by atoms with Crippen molar-refractivity contribution >= 4 is 15.9 Å². The highest BCUT2D eigenvalue weighted by molar-refractivity contribution is 9.10. The van der Waals surface area contributed by atoms with Crippen molar-refractivity contribution in [2.45, 2.75) is 26.3 Å². The fourth-order valence-corrected chi connectivity index (χ4v) is 2.24. The maximum absolute atomic E-state index is 5.38. The van der Waals surface area contributed by atoms with Gasteiger partial charge in [0.25, 0.3) is 0 Å². The van der Waals surface area contributed by atoms with Crippen LogP contribution >= 0.6 is 15.9 Å². The van der Waals surface area contributed by atoms with E-state index in [0.717, 1.165) is 36.5 Å². The topological polar surface area (TPSA) is 52.0 Å². The van der Waals surface area contributed by atoms with Crippen LogP contribution in [0.5, 0.6) is 0 Å². The first-order valence-corrected chi connectivity index (χ1v) is 6.36. The van der Waals surface area contributed by atoms with Crippen molar-refractivity contribution in [2.24, 2.45) is 7.05 Å². The molecule has 0 aliphatic rings. The highest BCUT2D eigenvalue weighted by Gasteiger charge is 2.18. The summed E-state index contributed by atoms with van der Waals surface area (Å²) in [5.74, 6) is 0. The molecule has 5 nitrogen and oxygen atoms in total. The van der Waals surface area contributed by atoms with Gasteiger partial charge in [-0.1, -0.05) is 12.1 Å². The van der Waals surface area contributed by atoms with Crippen molar-refractivity contribution in [3.05, 3.63) is 10.3 Å². The van der Waals surface area contributed by atoms with Crippen molar-refractivity contribution in [2.75, 3.05) is 19.8 Å². The Labute approximate surface area is 105 Å². The lowest BCUT2D eigenvalue weighted by molar-refractivity contribution is 0.135. The predicted molar refractivity (Wildman–Crippen MR) is 66.2 cm³/mol. The Kier molecular flexibility index (Phi) is 5.94. The molecule has 1 unspecified atom stereocenters. The van der Waals surface area contributed by atoms with Crippen molar-refractivity contribution in [1.82, 2.24) is 20.3 Å². The lowest BCUT2D eigenvalue weighted by Gasteiger charge is -2.17. The van der Waals surface area contributed by atoms with Crippen LogP contribution in [0.25, 0.3) is 0 Å². The number of rotatable bonds is 7. The molecule has 0 bridgehead atoms. The highest BCUT2D eigenvalue weighted by atomic mass is 79.9. The maximum Gasteiger partial charge on any atom is 0.153 e. The van der Waals surface area contributed by atoms with Crippen LogP contribution in [0.3, 0.4) is 0 Å². The summed E-state index contributed by atoms with van der Waals surface area (Å²) < 4.78 is 7.98. The zero-order chi connectivity index (χ0) is 12.0. The van der Waals surface area contributed by atoms with Crippen LogP contribution in [0.1, 0.15) is 32.0 Å². The Morgan fingerprint density at radius 3 is 2.75 bits per heavy atom. The molecule has 0 saturated carbocycles. The standard InChI is InChI=1S/C10H19BrN4O/c1-4-12-8(6-7-16-5-2)9-10(11)13-14-15(9)3/h8,12H,4-7H2,1-3H3. The molecular weight excluding hydrogens is 272 g/mol. The zero-order valence-electron chi connectivity index (χ0n) is 10.0. The SMILES string of the molecule is CCNC(CCOCC)c1c(Br)nnn1C. The Balaban J connectivity index is 2.68. The number of aromatic nitrogens is 3. The molecular formula is C10H19BrN4O. The zero-order valence-corrected chi connectivity index (χ0v) is 11.6. The third-order valence-electron chi connectivity index (χ3n) is 2.36. The molecule has 1 atom stereocenters. The number of nitrogens with one attached hydrogen (secondary N) is 1. The first-order valence-electron chi connectivity index (χ1n) is 5.56. The summed E-state index contributed by atoms with van der Waals surface area (Å²) in [6.07, 6.45) is 0.918. The van der Waals surface area contributed by atoms with Gasteiger partial charge < -0.3 is 10.1 Å². The van der Waals surface area contributed by atoms with Crippen molar-refractivity contribution in [3.8, 4) is 0 Å². The van der Waals surface area contributed by atoms with Gasteiger partial charge in [0.05, 0.1) is 11.7 Å². The van der Waals surface area contributed by atoms with Gasteiger partial charge in [-0.05, 0) is 35.8 Å². The summed E-state index contributed by atoms with van der Waals surface area (Å²) in [5, 5.41) is 11.4. The maximum atomic E-state index is 5.38. The molecule has 0 saturated heterocycles. The fourth-order valence-electron chi connectivity index (χ4n) is 1.64. The number of hydrogen-bond acceptors (Lipinski definition) is 4. The van der Waals surface area contributed by atoms with E-state index in [9.17, 15) is 0 Å². The molecule has 0 aliphatic heterocycles. The van der Waals surface area contributed by atoms with E-state index in [-0.39, 0.29) is 6.04 Å². The summed E-state index contributed by atoms with van der Waals surface area (Å²) in [5.41, 5.74) is 1.07. The van der Waals surface area contributed by atoms with Crippen molar-refractivity contribution < 1.29 is 4.74 Å². The fraction of sp³-hybridized carbons (Fsp3) is 0.800. The Bertz CT molecular complexity index is 296. The molecule has 0 aliphatic carbocycles. The number of hydrogen-bond donors (Lipinski definition) is 1. The Morgan fingerprint density at radius 1 is 1.50 bits per heavy atom. The van der Waals surface area contributed by atoms with Gasteiger partial charge >= 0.3 is 0 Å². The molecule has 92 valence electrons. The van der Waals surface area contributed by atoms with Crippen LogP contribution in [-0.4, -0.2) is 34.8 Å². The predicted octanol–water partition coefficient (Wildman–Crippen LogP) is 1.65. The summed E-state index contributed by atoms with van der Waals surface area (Å²) in [6.45, 7) is 6.50. The molecule has 6 heteroatoms. The summed E-state index contributed by atoms with van der Waals surface area (Å²) in [6, 6.07) is 0.228. The molecule has 1 rings (SSSR count). The van der Waals surface area contributed by atoms with Gasteiger partial charge in [-0.2, -0.15) is 0 Å². The molecule has 0 radical (unpaired) electrons. The second-order valence-corrected chi connectivity index (χ2v) is 4.24. The molecule has 0 spiro atoms. The van der Waals surface area contributed by atoms with Crippen LogP contribution in [0.2, 0.25) is 0 Å². The van der Waals surface area contributed by atoms with Crippen LogP contribution < -0.4 is 5.32 Å². The Morgan fingerprint density at radius 2 is 2.25 bits per heavy atom. The number of nitrogens with zero attached hydrogens (tertiary/aromatic N) is 3. The number of aryl methyl sites for hydroxylation is 1. The lowest BCUT2D eigenvalue weighted by Crippen LogP contribution is -2.25. The largest absolute Gasteiger partial charge is 0.382 e. The molecule has 1 N–H and O–H groups in total. The molecule has 1 aromatic heterocycles. The average molecular weight is 291 g/mol. The molecule has 1 aromatic rings. The van der Waals surface area contributed by atoms with E-state index >= 15 is 0 Å². The normalized spacial score (nSPS) is 13.0. The van der Waals surface area contributed by atoms with E-state index in [1.165, 1.54) is 0 Å². The van der Waals surface area contributed by atoms with E-state index in [4.69, 9.17) is 4.74 Å². The average Bonchev–Trinajstić information content (AvgIpc) is 2.58. The molecule has 0 fully saturated rings. The second-order valence-electron chi connectivity index (χ2n) is 3.48. The molecule has 1 heterocycles. The summed E-state index contributed by atoms with van der Waals surface area (Å²) >= 11 is 3.42. The minimum atomic E-state index is 0.228. The van der Waals surface area contributed by atoms with Gasteiger partial charge in [-0.25, -0.2) is 4.68 Å². The molecule has 16 heavy (non-hydrogen) atoms. The van der Waals surface area contributed by atoms with E-state index < -0.39 is 0 Å². The minimum absolute atomic E-state index is 0.228. The van der Waals surface area contributed by atoms with Crippen LogP contribution in [0.4, 0.5) is 0 Å². The molecule has 0 aromatic carbocycles. The second kappa shape index (κ2) is 6.98. The van der Waals surface area contributed by atoms with Crippen molar-refractivity contribution in [3.63, 3.8) is 0 Å². The minimum Gasteiger partial charge on any atom is -0.382 e. The highest BCUT2D eigenvalue weighted by Crippen LogP contribution is 2.22. The third kappa shape index (κ3) is 3.54. The summed E-state index contributed by atoms with van der Waals surface area (Å²) in [4.78, 5) is 0. The lowest BCUT2D eigenvalue weighted by atomic mass is 10.1. The molecule has 0 amide bonds. The van der Waals surface area contributed by atoms with Gasteiger partial charge in [0.2, 0.25) is 0 Å². The quantitative estimate of drug-likeness (QED) is 0.776. The number of ether oxygens (including phenoxy) is 1. The Hall–Kier alpha value is -0.460. The van der Waals surface area contributed by atoms with Crippen LogP contribution in [0.15, 0.2) is 4.60 Å². The smallest absolute Gasteiger partial charge is 0.153 e. The third-order valence-corrected chi connectivity index (χ3v) is 2.93. The van der Waals surface area contributed by atoms with Crippen LogP contribution in [-0.2, 0) is 11.8 Å². The van der Waals surface area contributed by atoms with Gasteiger partial charge in [-0.3, -0.25) is 0 Å². The van der Waals surface area contributed by atoms with Crippen LogP contribution in [0, 0.1) is 0 Å². The first kappa shape index (κ1) is 13.6.